The van der Waals surface area contributed by atoms with E-state index in [0.29, 0.717) is 43.0 Å². The van der Waals surface area contributed by atoms with Gasteiger partial charge in [-0.3, -0.25) is 14.4 Å². The highest BCUT2D eigenvalue weighted by Crippen LogP contribution is 2.35. The molecule has 0 bridgehead atoms. The summed E-state index contributed by atoms with van der Waals surface area (Å²) in [6, 6.07) is 21.0. The van der Waals surface area contributed by atoms with Crippen molar-refractivity contribution in [3.05, 3.63) is 76.5 Å². The molecule has 3 unspecified atom stereocenters. The van der Waals surface area contributed by atoms with Gasteiger partial charge < -0.3 is 19.3 Å². The monoisotopic (exact) mass is 846 g/mol. The molecule has 0 saturated carbocycles. The molecule has 0 N–H and O–H groups in total. The summed E-state index contributed by atoms with van der Waals surface area (Å²) < 4.78 is 11.4. The van der Waals surface area contributed by atoms with Gasteiger partial charge in [0.1, 0.15) is 31.4 Å². The maximum Gasteiger partial charge on any atom is 0.308 e. The molecule has 2 aromatic rings. The number of ether oxygens (including phenoxy) is 2. The number of nitriles is 3. The Hall–Kier alpha value is -5.80. The second kappa shape index (κ2) is 27.9. The average molecular weight is 846 g/mol. The molecule has 12 nitrogen and oxygen atoms in total. The largest absolute Gasteiger partial charge is 0.464 e. The number of azo groups is 1. The van der Waals surface area contributed by atoms with Crippen LogP contribution in [0, 0.1) is 51.7 Å². The molecule has 0 radical (unpaired) electrons. The first kappa shape index (κ1) is 50.6. The summed E-state index contributed by atoms with van der Waals surface area (Å²) in [6.45, 7) is 14.1. The minimum Gasteiger partial charge on any atom is -0.464 e. The summed E-state index contributed by atoms with van der Waals surface area (Å²) in [7, 11) is 0. The van der Waals surface area contributed by atoms with Gasteiger partial charge in [-0.05, 0) is 92.8 Å². The Morgan fingerprint density at radius 2 is 1.19 bits per heavy atom. The SMILES string of the molecule is CCCCC(CC)CN1C(=O)C(CCc2ccc(N=Nc3ccc(N(CCOC(=O)C(CC)CCCC)CCOC(=O)C(CC)CCCC)cc3)cc2)=C(C#N)C1=C(C#N)C#N. The van der Waals surface area contributed by atoms with Gasteiger partial charge in [0.2, 0.25) is 0 Å². The molecule has 62 heavy (non-hydrogen) atoms. The first-order valence-electron chi connectivity index (χ1n) is 22.8. The molecule has 2 aromatic carbocycles. The van der Waals surface area contributed by atoms with Crippen molar-refractivity contribution in [2.24, 2.45) is 28.0 Å². The van der Waals surface area contributed by atoms with Gasteiger partial charge in [-0.1, -0.05) is 98.6 Å². The van der Waals surface area contributed by atoms with E-state index >= 15 is 0 Å². The van der Waals surface area contributed by atoms with Gasteiger partial charge in [0, 0.05) is 17.8 Å². The molecule has 1 heterocycles. The van der Waals surface area contributed by atoms with Crippen molar-refractivity contribution in [1.29, 1.82) is 15.8 Å². The number of nitrogens with zero attached hydrogens (tertiary/aromatic N) is 7. The predicted octanol–water partition coefficient (Wildman–Crippen LogP) is 11.5. The molecule has 0 spiro atoms. The molecule has 332 valence electrons. The molecule has 0 fully saturated rings. The van der Waals surface area contributed by atoms with E-state index in [9.17, 15) is 30.2 Å². The van der Waals surface area contributed by atoms with Crippen LogP contribution >= 0.6 is 0 Å². The first-order chi connectivity index (χ1) is 30.1. The van der Waals surface area contributed by atoms with Crippen molar-refractivity contribution in [1.82, 2.24) is 4.90 Å². The summed E-state index contributed by atoms with van der Waals surface area (Å²) in [5.41, 5.74) is 3.41. The van der Waals surface area contributed by atoms with E-state index in [0.717, 1.165) is 88.3 Å². The molecule has 3 atom stereocenters. The average Bonchev–Trinajstić information content (AvgIpc) is 3.55. The Balaban J connectivity index is 1.70. The Morgan fingerprint density at radius 3 is 1.65 bits per heavy atom. The first-order valence-corrected chi connectivity index (χ1v) is 22.8. The summed E-state index contributed by atoms with van der Waals surface area (Å²) in [6.07, 6.45) is 11.7. The number of hydrogen-bond acceptors (Lipinski definition) is 11. The summed E-state index contributed by atoms with van der Waals surface area (Å²) in [4.78, 5) is 42.9. The van der Waals surface area contributed by atoms with Gasteiger partial charge in [-0.25, -0.2) is 0 Å². The number of esters is 2. The highest BCUT2D eigenvalue weighted by Gasteiger charge is 2.38. The quantitative estimate of drug-likeness (QED) is 0.0459. The van der Waals surface area contributed by atoms with Gasteiger partial charge in [-0.15, -0.1) is 0 Å². The lowest BCUT2D eigenvalue weighted by atomic mass is 9.98. The minimum absolute atomic E-state index is 0.107. The molecule has 3 rings (SSSR count). The summed E-state index contributed by atoms with van der Waals surface area (Å²) in [5.74, 6) is -0.681. The smallest absolute Gasteiger partial charge is 0.308 e. The number of hydrogen-bond donors (Lipinski definition) is 0. The number of rotatable bonds is 28. The van der Waals surface area contributed by atoms with Gasteiger partial charge in [-0.2, -0.15) is 26.0 Å². The Kier molecular flexibility index (Phi) is 22.8. The van der Waals surface area contributed by atoms with E-state index in [4.69, 9.17) is 9.47 Å². The maximum atomic E-state index is 13.8. The summed E-state index contributed by atoms with van der Waals surface area (Å²) in [5, 5.41) is 38.5. The predicted molar refractivity (Wildman–Crippen MR) is 242 cm³/mol. The molecule has 0 aromatic heterocycles. The molecule has 1 aliphatic rings. The van der Waals surface area contributed by atoms with Crippen LogP contribution in [0.4, 0.5) is 17.1 Å². The van der Waals surface area contributed by atoms with Crippen LogP contribution in [0.1, 0.15) is 131 Å². The van der Waals surface area contributed by atoms with E-state index in [1.165, 1.54) is 4.90 Å². The van der Waals surface area contributed by atoms with Crippen molar-refractivity contribution < 1.29 is 23.9 Å². The van der Waals surface area contributed by atoms with Gasteiger partial charge >= 0.3 is 11.9 Å². The van der Waals surface area contributed by atoms with Crippen molar-refractivity contribution in [3.8, 4) is 18.2 Å². The number of carbonyl (C=O) groups is 3. The zero-order chi connectivity index (χ0) is 45.3. The Bertz CT molecular complexity index is 1920. The van der Waals surface area contributed by atoms with Crippen molar-refractivity contribution in [2.45, 2.75) is 131 Å². The third-order valence-corrected chi connectivity index (χ3v) is 11.6. The van der Waals surface area contributed by atoms with Gasteiger partial charge in [0.15, 0.2) is 5.57 Å². The zero-order valence-corrected chi connectivity index (χ0v) is 38.0. The third kappa shape index (κ3) is 15.3. The number of carbonyl (C=O) groups excluding carboxylic acids is 3. The molecular weight excluding hydrogens is 779 g/mol. The van der Waals surface area contributed by atoms with Crippen LogP contribution < -0.4 is 4.90 Å². The van der Waals surface area contributed by atoms with Crippen molar-refractivity contribution in [2.75, 3.05) is 37.7 Å². The standard InChI is InChI=1S/C50H67N7O5/c1-7-13-16-37(10-4)36-57-47(41(33-51)34-52)46(35-53)45(48(57)58)28-21-38-19-22-42(23-20-38)54-55-43-24-26-44(27-25-43)56(29-31-61-49(59)39(11-5)17-14-8-2)30-32-62-50(60)40(12-6)18-15-9-3/h19-20,22-27,37,39-40H,7-18,21,28-32,36H2,1-6H3. The topological polar surface area (TPSA) is 172 Å². The summed E-state index contributed by atoms with van der Waals surface area (Å²) >= 11 is 0. The van der Waals surface area contributed by atoms with Gasteiger partial charge in [0.05, 0.1) is 47.6 Å². The van der Waals surface area contributed by atoms with E-state index in [1.807, 2.05) is 79.4 Å². The highest BCUT2D eigenvalue weighted by molar-refractivity contribution is 6.02. The fourth-order valence-corrected chi connectivity index (χ4v) is 7.58. The van der Waals surface area contributed by atoms with Crippen LogP contribution in [0.15, 0.2) is 81.2 Å². The highest BCUT2D eigenvalue weighted by atomic mass is 16.5. The number of allylic oxidation sites excluding steroid dienone is 2. The zero-order valence-electron chi connectivity index (χ0n) is 38.0. The van der Waals surface area contributed by atoms with Crippen LogP contribution in [0.5, 0.6) is 0 Å². The fourth-order valence-electron chi connectivity index (χ4n) is 7.58. The second-order valence-electron chi connectivity index (χ2n) is 15.9. The lowest BCUT2D eigenvalue weighted by Crippen LogP contribution is -2.33. The molecule has 12 heteroatoms. The lowest BCUT2D eigenvalue weighted by Gasteiger charge is -2.25. The number of unbranched alkanes of at least 4 members (excludes halogenated alkanes) is 3. The van der Waals surface area contributed by atoms with E-state index in [2.05, 4.69) is 44.0 Å². The van der Waals surface area contributed by atoms with Crippen LogP contribution in [-0.4, -0.2) is 55.6 Å². The third-order valence-electron chi connectivity index (χ3n) is 11.6. The van der Waals surface area contributed by atoms with Crippen molar-refractivity contribution in [3.63, 3.8) is 0 Å². The number of anilines is 1. The van der Waals surface area contributed by atoms with E-state index in [-0.39, 0.29) is 72.1 Å². The molecule has 1 amide bonds. The number of aryl methyl sites for hydroxylation is 1. The van der Waals surface area contributed by atoms with E-state index in [1.54, 1.807) is 0 Å². The van der Waals surface area contributed by atoms with Crippen LogP contribution in [0.25, 0.3) is 0 Å². The second-order valence-corrected chi connectivity index (χ2v) is 15.9. The van der Waals surface area contributed by atoms with Crippen LogP contribution in [0.2, 0.25) is 0 Å². The molecule has 0 aliphatic carbocycles. The lowest BCUT2D eigenvalue weighted by molar-refractivity contribution is -0.149. The minimum atomic E-state index is -0.313. The Morgan fingerprint density at radius 1 is 0.694 bits per heavy atom. The number of benzene rings is 2. The fraction of sp³-hybridized carbons (Fsp3) is 0.560. The van der Waals surface area contributed by atoms with E-state index < -0.39 is 0 Å². The normalized spacial score (nSPS) is 14.0. The Labute approximate surface area is 370 Å². The van der Waals surface area contributed by atoms with Crippen molar-refractivity contribution >= 4 is 34.9 Å². The van der Waals surface area contributed by atoms with Crippen LogP contribution in [-0.2, 0) is 30.3 Å². The maximum absolute atomic E-state index is 13.8. The van der Waals surface area contributed by atoms with Gasteiger partial charge in [0.25, 0.3) is 5.91 Å². The molecular formula is C50H67N7O5. The molecule has 1 aliphatic heterocycles. The van der Waals surface area contributed by atoms with Crippen LogP contribution in [0.3, 0.4) is 0 Å². The molecule has 0 saturated heterocycles. The number of amides is 1.